The van der Waals surface area contributed by atoms with E-state index in [1.54, 1.807) is 57.2 Å². The van der Waals surface area contributed by atoms with Crippen LogP contribution in [0.25, 0.3) is 11.1 Å². The third kappa shape index (κ3) is 4.26. The van der Waals surface area contributed by atoms with Crippen molar-refractivity contribution >= 4 is 23.3 Å². The Morgan fingerprint density at radius 3 is 2.26 bits per heavy atom. The summed E-state index contributed by atoms with van der Waals surface area (Å²) < 4.78 is 19.8. The summed E-state index contributed by atoms with van der Waals surface area (Å²) in [6.07, 6.45) is 0. The van der Waals surface area contributed by atoms with E-state index in [4.69, 9.17) is 4.74 Å². The van der Waals surface area contributed by atoms with Crippen LogP contribution in [0.2, 0.25) is 0 Å². The Balaban J connectivity index is 2.15. The number of nitrogens with zero attached hydrogens (tertiary/aromatic N) is 1. The molecule has 0 saturated carbocycles. The molecule has 0 aliphatic rings. The van der Waals surface area contributed by atoms with Gasteiger partial charge in [0, 0.05) is 29.1 Å². The number of benzene rings is 2. The Morgan fingerprint density at radius 1 is 1.00 bits per heavy atom. The number of halogens is 1. The lowest BCUT2D eigenvalue weighted by molar-refractivity contribution is -0.114. The third-order valence-electron chi connectivity index (χ3n) is 4.86. The number of amides is 1. The number of rotatable bonds is 7. The van der Waals surface area contributed by atoms with Crippen molar-refractivity contribution in [1.29, 1.82) is 0 Å². The number of hydrogen-bond acceptors (Lipinski definition) is 4. The van der Waals surface area contributed by atoms with Gasteiger partial charge in [0.2, 0.25) is 0 Å². The molecule has 1 aromatic heterocycles. The van der Waals surface area contributed by atoms with Crippen LogP contribution in [0.1, 0.15) is 40.4 Å². The molecule has 7 heteroatoms. The highest BCUT2D eigenvalue weighted by Crippen LogP contribution is 2.33. The molecule has 0 atom stereocenters. The van der Waals surface area contributed by atoms with Gasteiger partial charge in [0.15, 0.2) is 0 Å². The number of carbonyl (C=O) groups excluding carboxylic acids is 3. The SMILES string of the molecule is CCOC(=O)c1c(C)[nH]c(C(=O)C(=O)N(CC)c2ccccc2)c1-c1ccccc1F. The minimum Gasteiger partial charge on any atom is -0.462 e. The lowest BCUT2D eigenvalue weighted by atomic mass is 9.97. The molecule has 1 heterocycles. The molecule has 2 aromatic carbocycles. The number of hydrogen-bond donors (Lipinski definition) is 1. The quantitative estimate of drug-likeness (QED) is 0.344. The molecule has 0 unspecified atom stereocenters. The van der Waals surface area contributed by atoms with Gasteiger partial charge in [-0.25, -0.2) is 9.18 Å². The Kier molecular flexibility index (Phi) is 6.65. The third-order valence-corrected chi connectivity index (χ3v) is 4.86. The Morgan fingerprint density at radius 2 is 1.65 bits per heavy atom. The number of nitrogens with one attached hydrogen (secondary N) is 1. The molecule has 0 aliphatic heterocycles. The largest absolute Gasteiger partial charge is 0.462 e. The predicted molar refractivity (Wildman–Crippen MR) is 116 cm³/mol. The van der Waals surface area contributed by atoms with Crippen LogP contribution in [-0.2, 0) is 9.53 Å². The van der Waals surface area contributed by atoms with E-state index in [0.29, 0.717) is 11.4 Å². The van der Waals surface area contributed by atoms with E-state index < -0.39 is 23.5 Å². The maximum Gasteiger partial charge on any atom is 0.340 e. The van der Waals surface area contributed by atoms with Gasteiger partial charge < -0.3 is 14.6 Å². The maximum atomic E-state index is 14.7. The molecule has 0 saturated heterocycles. The number of aryl methyl sites for hydroxylation is 1. The van der Waals surface area contributed by atoms with Crippen LogP contribution in [0, 0.1) is 12.7 Å². The van der Waals surface area contributed by atoms with Gasteiger partial charge in [-0.1, -0.05) is 36.4 Å². The van der Waals surface area contributed by atoms with Gasteiger partial charge in [0.05, 0.1) is 12.2 Å². The average Bonchev–Trinajstić information content (AvgIpc) is 3.11. The van der Waals surface area contributed by atoms with E-state index in [1.807, 2.05) is 0 Å². The van der Waals surface area contributed by atoms with Crippen molar-refractivity contribution in [3.05, 3.63) is 77.4 Å². The molecule has 3 aromatic rings. The van der Waals surface area contributed by atoms with Gasteiger partial charge in [0.1, 0.15) is 11.5 Å². The molecule has 31 heavy (non-hydrogen) atoms. The zero-order valence-electron chi connectivity index (χ0n) is 17.6. The second-order valence-corrected chi connectivity index (χ2v) is 6.79. The smallest absolute Gasteiger partial charge is 0.340 e. The molecule has 0 radical (unpaired) electrons. The predicted octanol–water partition coefficient (Wildman–Crippen LogP) is 4.54. The molecule has 0 aliphatic carbocycles. The van der Waals surface area contributed by atoms with Crippen molar-refractivity contribution in [2.24, 2.45) is 0 Å². The lowest BCUT2D eigenvalue weighted by Crippen LogP contribution is -2.37. The highest BCUT2D eigenvalue weighted by Gasteiger charge is 2.33. The van der Waals surface area contributed by atoms with Crippen molar-refractivity contribution < 1.29 is 23.5 Å². The topological polar surface area (TPSA) is 79.5 Å². The molecule has 0 bridgehead atoms. The first-order valence-electron chi connectivity index (χ1n) is 9.96. The molecule has 0 fully saturated rings. The second-order valence-electron chi connectivity index (χ2n) is 6.79. The summed E-state index contributed by atoms with van der Waals surface area (Å²) in [4.78, 5) is 43.1. The summed E-state index contributed by atoms with van der Waals surface area (Å²) in [5, 5.41) is 0. The van der Waals surface area contributed by atoms with Gasteiger partial charge in [-0.2, -0.15) is 0 Å². The van der Waals surface area contributed by atoms with Gasteiger partial charge in [-0.05, 0) is 39.0 Å². The molecule has 160 valence electrons. The van der Waals surface area contributed by atoms with Gasteiger partial charge in [-0.3, -0.25) is 9.59 Å². The molecular weight excluding hydrogens is 399 g/mol. The Labute approximate surface area is 179 Å². The lowest BCUT2D eigenvalue weighted by Gasteiger charge is -2.20. The van der Waals surface area contributed by atoms with Gasteiger partial charge in [-0.15, -0.1) is 0 Å². The Bertz CT molecular complexity index is 1120. The number of likely N-dealkylation sites (N-methyl/N-ethyl adjacent to an activating group) is 1. The molecule has 3 rings (SSSR count). The van der Waals surface area contributed by atoms with E-state index in [1.165, 1.54) is 23.1 Å². The maximum absolute atomic E-state index is 14.7. The minimum atomic E-state index is -0.873. The number of H-pyrrole nitrogens is 1. The molecule has 0 spiro atoms. The molecular formula is C24H23FN2O4. The van der Waals surface area contributed by atoms with Crippen molar-refractivity contribution in [1.82, 2.24) is 4.98 Å². The van der Waals surface area contributed by atoms with Gasteiger partial charge >= 0.3 is 11.9 Å². The summed E-state index contributed by atoms with van der Waals surface area (Å²) in [7, 11) is 0. The average molecular weight is 422 g/mol. The second kappa shape index (κ2) is 9.38. The molecule has 1 amide bonds. The van der Waals surface area contributed by atoms with Crippen LogP contribution in [-0.4, -0.2) is 35.8 Å². The van der Waals surface area contributed by atoms with Crippen LogP contribution in [0.4, 0.5) is 10.1 Å². The van der Waals surface area contributed by atoms with Crippen LogP contribution in [0.15, 0.2) is 54.6 Å². The van der Waals surface area contributed by atoms with Crippen LogP contribution in [0.3, 0.4) is 0 Å². The normalized spacial score (nSPS) is 10.6. The first-order chi connectivity index (χ1) is 14.9. The minimum absolute atomic E-state index is 0.0246. The number of aromatic nitrogens is 1. The molecule has 6 nitrogen and oxygen atoms in total. The standard InChI is InChI=1S/C24H23FN2O4/c1-4-27(16-11-7-6-8-12-16)23(29)22(28)21-20(17-13-9-10-14-18(17)25)19(15(3)26-21)24(30)31-5-2/h6-14,26H,4-5H2,1-3H3. The zero-order chi connectivity index (χ0) is 22.5. The summed E-state index contributed by atoms with van der Waals surface area (Å²) in [5.74, 6) is -2.98. The number of anilines is 1. The molecule has 1 N–H and O–H groups in total. The van der Waals surface area contributed by atoms with E-state index in [-0.39, 0.29) is 35.5 Å². The van der Waals surface area contributed by atoms with E-state index >= 15 is 0 Å². The number of aromatic amines is 1. The van der Waals surface area contributed by atoms with E-state index in [0.717, 1.165) is 0 Å². The number of carbonyl (C=O) groups is 3. The van der Waals surface area contributed by atoms with Crippen molar-refractivity contribution in [3.63, 3.8) is 0 Å². The highest BCUT2D eigenvalue weighted by molar-refractivity contribution is 6.48. The van der Waals surface area contributed by atoms with Gasteiger partial charge in [0.25, 0.3) is 5.78 Å². The number of Topliss-reactive ketones (excluding diaryl/α,β-unsaturated/α-hetero) is 1. The summed E-state index contributed by atoms with van der Waals surface area (Å²) in [6, 6.07) is 14.5. The van der Waals surface area contributed by atoms with Crippen LogP contribution >= 0.6 is 0 Å². The number of esters is 1. The monoisotopic (exact) mass is 422 g/mol. The highest BCUT2D eigenvalue weighted by atomic mass is 19.1. The fourth-order valence-electron chi connectivity index (χ4n) is 3.47. The first-order valence-corrected chi connectivity index (χ1v) is 9.96. The first kappa shape index (κ1) is 22.0. The summed E-state index contributed by atoms with van der Waals surface area (Å²) >= 11 is 0. The number of para-hydroxylation sites is 1. The fourth-order valence-corrected chi connectivity index (χ4v) is 3.47. The number of ether oxygens (including phenoxy) is 1. The summed E-state index contributed by atoms with van der Waals surface area (Å²) in [5.41, 5.74) is 0.821. The number of ketones is 1. The van der Waals surface area contributed by atoms with Crippen molar-refractivity contribution in [3.8, 4) is 11.1 Å². The zero-order valence-corrected chi connectivity index (χ0v) is 17.6. The van der Waals surface area contributed by atoms with Crippen molar-refractivity contribution in [2.75, 3.05) is 18.1 Å². The van der Waals surface area contributed by atoms with Crippen LogP contribution < -0.4 is 4.90 Å². The summed E-state index contributed by atoms with van der Waals surface area (Å²) in [6.45, 7) is 5.35. The fraction of sp³-hybridized carbons (Fsp3) is 0.208. The van der Waals surface area contributed by atoms with E-state index in [2.05, 4.69) is 4.98 Å². The van der Waals surface area contributed by atoms with Crippen LogP contribution in [0.5, 0.6) is 0 Å². The van der Waals surface area contributed by atoms with Crippen molar-refractivity contribution in [2.45, 2.75) is 20.8 Å². The van der Waals surface area contributed by atoms with E-state index in [9.17, 15) is 18.8 Å². The Hall–Kier alpha value is -3.74.